The number of hydrogen-bond donors (Lipinski definition) is 2. The lowest BCUT2D eigenvalue weighted by molar-refractivity contribution is 0.184. The maximum Gasteiger partial charge on any atom is 0.319 e. The highest BCUT2D eigenvalue weighted by Gasteiger charge is 2.18. The highest BCUT2D eigenvalue weighted by Crippen LogP contribution is 2.33. The number of thiazole rings is 1. The molecule has 0 bridgehead atoms. The molecule has 0 spiro atoms. The monoisotopic (exact) mass is 521 g/mol. The molecule has 2 amide bonds. The molecule has 36 heavy (non-hydrogen) atoms. The van der Waals surface area contributed by atoms with Crippen LogP contribution in [0.25, 0.3) is 21.5 Å². The number of piperidine rings is 1. The lowest BCUT2D eigenvalue weighted by atomic mass is 9.99. The quantitative estimate of drug-likeness (QED) is 0.275. The fraction of sp³-hybridized carbons (Fsp3) is 0.357. The number of fused-ring (bicyclic) bond motifs is 1. The molecule has 1 saturated heterocycles. The van der Waals surface area contributed by atoms with Crippen LogP contribution in [0, 0.1) is 5.92 Å². The van der Waals surface area contributed by atoms with E-state index in [1.54, 1.807) is 11.3 Å². The van der Waals surface area contributed by atoms with Crippen LogP contribution < -0.4 is 10.6 Å². The van der Waals surface area contributed by atoms with E-state index < -0.39 is 0 Å². The minimum atomic E-state index is -0.238. The van der Waals surface area contributed by atoms with Gasteiger partial charge in [0.15, 0.2) is 0 Å². The number of hydrogen-bond acceptors (Lipinski definition) is 4. The average molecular weight is 522 g/mol. The molecule has 1 aliphatic rings. The standard InChI is InChI=1S/C28H32ClN5OS/c1-3-34-17-25(32-28(35)30-15-20-4-7-22(29)8-5-20)24-14-21(6-9-26(24)34)27-31-23(18-36-27)16-33-12-10-19(2)11-13-33/h4-9,14,17-19H,3,10-13,15-16H2,1-2H3,(H2,30,32,35). The van der Waals surface area contributed by atoms with Crippen LogP contribution in [-0.4, -0.2) is 33.6 Å². The van der Waals surface area contributed by atoms with Crippen molar-refractivity contribution in [2.45, 2.75) is 46.3 Å². The summed E-state index contributed by atoms with van der Waals surface area (Å²) in [5.41, 5.74) is 5.08. The largest absolute Gasteiger partial charge is 0.346 e. The number of carbonyl (C=O) groups excluding carboxylic acids is 1. The van der Waals surface area contributed by atoms with Gasteiger partial charge in [-0.1, -0.05) is 30.7 Å². The fourth-order valence-corrected chi connectivity index (χ4v) is 5.64. The first-order valence-corrected chi connectivity index (χ1v) is 13.8. The minimum absolute atomic E-state index is 0.238. The van der Waals surface area contributed by atoms with Gasteiger partial charge in [-0.25, -0.2) is 9.78 Å². The van der Waals surface area contributed by atoms with Crippen LogP contribution in [0.4, 0.5) is 10.5 Å². The number of aryl methyl sites for hydroxylation is 1. The van der Waals surface area contributed by atoms with Crippen molar-refractivity contribution in [3.8, 4) is 10.6 Å². The molecule has 2 N–H and O–H groups in total. The summed E-state index contributed by atoms with van der Waals surface area (Å²) in [6.07, 6.45) is 4.54. The second kappa shape index (κ2) is 11.0. The van der Waals surface area contributed by atoms with E-state index in [2.05, 4.69) is 57.5 Å². The van der Waals surface area contributed by atoms with Gasteiger partial charge in [0, 0.05) is 47.2 Å². The van der Waals surface area contributed by atoms with Gasteiger partial charge in [-0.15, -0.1) is 11.3 Å². The second-order valence-electron chi connectivity index (χ2n) is 9.60. The van der Waals surface area contributed by atoms with E-state index in [1.165, 1.54) is 12.8 Å². The summed E-state index contributed by atoms with van der Waals surface area (Å²) in [4.78, 5) is 20.1. The summed E-state index contributed by atoms with van der Waals surface area (Å²) in [5.74, 6) is 0.830. The van der Waals surface area contributed by atoms with Crippen molar-refractivity contribution in [3.05, 3.63) is 70.3 Å². The van der Waals surface area contributed by atoms with Gasteiger partial charge in [0.25, 0.3) is 0 Å². The Labute approximate surface area is 221 Å². The molecular formula is C28H32ClN5OS. The molecule has 0 aliphatic carbocycles. The maximum absolute atomic E-state index is 12.7. The first kappa shape index (κ1) is 24.8. The number of likely N-dealkylation sites (tertiary alicyclic amines) is 1. The number of rotatable bonds is 7. The number of halogens is 1. The summed E-state index contributed by atoms with van der Waals surface area (Å²) in [6, 6.07) is 13.6. The van der Waals surface area contributed by atoms with E-state index in [0.717, 1.165) is 70.5 Å². The summed E-state index contributed by atoms with van der Waals surface area (Å²) in [6.45, 7) is 8.91. The van der Waals surface area contributed by atoms with E-state index >= 15 is 0 Å². The normalized spacial score (nSPS) is 14.9. The van der Waals surface area contributed by atoms with Crippen molar-refractivity contribution in [2.75, 3.05) is 18.4 Å². The number of anilines is 1. The number of carbonyl (C=O) groups is 1. The predicted molar refractivity (Wildman–Crippen MR) is 150 cm³/mol. The van der Waals surface area contributed by atoms with Gasteiger partial charge in [0.05, 0.1) is 16.9 Å². The third-order valence-corrected chi connectivity index (χ3v) is 8.09. The summed E-state index contributed by atoms with van der Waals surface area (Å²) < 4.78 is 2.15. The van der Waals surface area contributed by atoms with Crippen LogP contribution in [0.2, 0.25) is 5.02 Å². The molecule has 5 rings (SSSR count). The van der Waals surface area contributed by atoms with E-state index in [9.17, 15) is 4.79 Å². The lowest BCUT2D eigenvalue weighted by Gasteiger charge is -2.29. The van der Waals surface area contributed by atoms with Crippen LogP contribution in [0.15, 0.2) is 54.0 Å². The summed E-state index contributed by atoms with van der Waals surface area (Å²) in [5, 5.41) is 10.9. The first-order chi connectivity index (χ1) is 17.5. The molecule has 2 aromatic heterocycles. The Morgan fingerprint density at radius 1 is 1.17 bits per heavy atom. The van der Waals surface area contributed by atoms with Crippen molar-refractivity contribution in [3.63, 3.8) is 0 Å². The van der Waals surface area contributed by atoms with Crippen molar-refractivity contribution in [2.24, 2.45) is 5.92 Å². The minimum Gasteiger partial charge on any atom is -0.346 e. The SMILES string of the molecule is CCn1cc(NC(=O)NCc2ccc(Cl)cc2)c2cc(-c3nc(CN4CCC(C)CC4)cs3)ccc21. The molecule has 4 aromatic rings. The zero-order valence-corrected chi connectivity index (χ0v) is 22.3. The summed E-state index contributed by atoms with van der Waals surface area (Å²) in [7, 11) is 0. The Bertz CT molecular complexity index is 1340. The molecule has 1 aliphatic heterocycles. The predicted octanol–water partition coefficient (Wildman–Crippen LogP) is 6.99. The van der Waals surface area contributed by atoms with Crippen molar-refractivity contribution >= 4 is 45.6 Å². The Morgan fingerprint density at radius 3 is 2.69 bits per heavy atom. The smallest absolute Gasteiger partial charge is 0.319 e. The number of benzene rings is 2. The Morgan fingerprint density at radius 2 is 1.94 bits per heavy atom. The van der Waals surface area contributed by atoms with Crippen LogP contribution >= 0.6 is 22.9 Å². The van der Waals surface area contributed by atoms with Gasteiger partial charge in [0.1, 0.15) is 5.01 Å². The van der Waals surface area contributed by atoms with Crippen molar-refractivity contribution in [1.82, 2.24) is 19.8 Å². The van der Waals surface area contributed by atoms with Gasteiger partial charge in [-0.05, 0) is 74.7 Å². The van der Waals surface area contributed by atoms with Gasteiger partial charge >= 0.3 is 6.03 Å². The molecule has 0 saturated carbocycles. The Hall–Kier alpha value is -2.87. The van der Waals surface area contributed by atoms with Crippen LogP contribution in [0.3, 0.4) is 0 Å². The van der Waals surface area contributed by atoms with Crippen molar-refractivity contribution in [1.29, 1.82) is 0 Å². The van der Waals surface area contributed by atoms with E-state index in [1.807, 2.05) is 30.5 Å². The zero-order chi connectivity index (χ0) is 25.1. The lowest BCUT2D eigenvalue weighted by Crippen LogP contribution is -2.32. The molecular weight excluding hydrogens is 490 g/mol. The molecule has 2 aromatic carbocycles. The fourth-order valence-electron chi connectivity index (χ4n) is 4.70. The number of urea groups is 1. The average Bonchev–Trinajstić information content (AvgIpc) is 3.49. The molecule has 0 atom stereocenters. The number of aromatic nitrogens is 2. The number of nitrogens with zero attached hydrogens (tertiary/aromatic N) is 3. The first-order valence-electron chi connectivity index (χ1n) is 12.6. The molecule has 6 nitrogen and oxygen atoms in total. The third-order valence-electron chi connectivity index (χ3n) is 6.90. The van der Waals surface area contributed by atoms with E-state index in [0.29, 0.717) is 11.6 Å². The molecule has 3 heterocycles. The highest BCUT2D eigenvalue weighted by molar-refractivity contribution is 7.13. The molecule has 188 valence electrons. The van der Waals surface area contributed by atoms with E-state index in [4.69, 9.17) is 16.6 Å². The van der Waals surface area contributed by atoms with Gasteiger partial charge in [-0.2, -0.15) is 0 Å². The molecule has 8 heteroatoms. The van der Waals surface area contributed by atoms with Crippen molar-refractivity contribution < 1.29 is 4.79 Å². The van der Waals surface area contributed by atoms with Crippen LogP contribution in [0.5, 0.6) is 0 Å². The second-order valence-corrected chi connectivity index (χ2v) is 10.9. The molecule has 1 fully saturated rings. The zero-order valence-electron chi connectivity index (χ0n) is 20.8. The number of amides is 2. The number of nitrogens with one attached hydrogen (secondary N) is 2. The molecule has 0 radical (unpaired) electrons. The van der Waals surface area contributed by atoms with E-state index in [-0.39, 0.29) is 6.03 Å². The Balaban J connectivity index is 1.31. The van der Waals surface area contributed by atoms with Crippen LogP contribution in [-0.2, 0) is 19.6 Å². The third kappa shape index (κ3) is 5.75. The van der Waals surface area contributed by atoms with Gasteiger partial charge in [0.2, 0.25) is 0 Å². The maximum atomic E-state index is 12.7. The molecule has 0 unspecified atom stereocenters. The van der Waals surface area contributed by atoms with Gasteiger partial charge < -0.3 is 15.2 Å². The topological polar surface area (TPSA) is 62.2 Å². The Kier molecular flexibility index (Phi) is 7.60. The van der Waals surface area contributed by atoms with Gasteiger partial charge in [-0.3, -0.25) is 4.90 Å². The van der Waals surface area contributed by atoms with Crippen LogP contribution in [0.1, 0.15) is 37.9 Å². The summed E-state index contributed by atoms with van der Waals surface area (Å²) >= 11 is 7.64. The highest BCUT2D eigenvalue weighted by atomic mass is 35.5.